The van der Waals surface area contributed by atoms with Gasteiger partial charge in [0.25, 0.3) is 5.69 Å². The van der Waals surface area contributed by atoms with Crippen molar-refractivity contribution in [1.82, 2.24) is 5.32 Å². The zero-order chi connectivity index (χ0) is 13.8. The van der Waals surface area contributed by atoms with Crippen LogP contribution in [0.1, 0.15) is 6.42 Å². The number of carbonyl (C=O) groups excluding carboxylic acids is 1. The SMILES string of the molecule is COC(=O)C1CC(Oc2ccc([N+](=O)[O-])cc2)CN1. The number of hydrogen-bond donors (Lipinski definition) is 1. The number of ether oxygens (including phenoxy) is 2. The normalized spacial score (nSPS) is 21.9. The van der Waals surface area contributed by atoms with Gasteiger partial charge in [-0.05, 0) is 12.1 Å². The maximum atomic E-state index is 11.3. The van der Waals surface area contributed by atoms with Crippen molar-refractivity contribution in [2.45, 2.75) is 18.6 Å². The van der Waals surface area contributed by atoms with E-state index in [-0.39, 0.29) is 23.8 Å². The Balaban J connectivity index is 1.92. The van der Waals surface area contributed by atoms with Crippen LogP contribution in [0.2, 0.25) is 0 Å². The van der Waals surface area contributed by atoms with Crippen LogP contribution >= 0.6 is 0 Å². The van der Waals surface area contributed by atoms with Crippen molar-refractivity contribution in [3.63, 3.8) is 0 Å². The lowest BCUT2D eigenvalue weighted by molar-refractivity contribution is -0.384. The van der Waals surface area contributed by atoms with E-state index >= 15 is 0 Å². The Labute approximate surface area is 109 Å². The first kappa shape index (κ1) is 13.3. The molecular weight excluding hydrogens is 252 g/mol. The van der Waals surface area contributed by atoms with Gasteiger partial charge >= 0.3 is 5.97 Å². The van der Waals surface area contributed by atoms with Gasteiger partial charge in [0.1, 0.15) is 17.9 Å². The number of non-ortho nitro benzene ring substituents is 1. The van der Waals surface area contributed by atoms with Gasteiger partial charge in [-0.2, -0.15) is 0 Å². The Morgan fingerprint density at radius 2 is 2.11 bits per heavy atom. The Kier molecular flexibility index (Phi) is 3.96. The second kappa shape index (κ2) is 5.66. The Morgan fingerprint density at radius 3 is 2.68 bits per heavy atom. The minimum atomic E-state index is -0.464. The zero-order valence-electron chi connectivity index (χ0n) is 10.4. The third-order valence-corrected chi connectivity index (χ3v) is 2.93. The molecule has 102 valence electrons. The molecule has 1 aromatic rings. The first-order valence-corrected chi connectivity index (χ1v) is 5.82. The molecule has 7 heteroatoms. The molecule has 2 unspecified atom stereocenters. The highest BCUT2D eigenvalue weighted by atomic mass is 16.6. The first-order valence-electron chi connectivity index (χ1n) is 5.82. The van der Waals surface area contributed by atoms with E-state index in [0.717, 1.165) is 0 Å². The van der Waals surface area contributed by atoms with Gasteiger partial charge in [-0.15, -0.1) is 0 Å². The van der Waals surface area contributed by atoms with Gasteiger partial charge in [0.15, 0.2) is 0 Å². The van der Waals surface area contributed by atoms with Gasteiger partial charge in [-0.25, -0.2) is 0 Å². The fraction of sp³-hybridized carbons (Fsp3) is 0.417. The summed E-state index contributed by atoms with van der Waals surface area (Å²) in [7, 11) is 1.34. The minimum absolute atomic E-state index is 0.0179. The lowest BCUT2D eigenvalue weighted by Gasteiger charge is -2.12. The molecule has 0 saturated carbocycles. The Bertz CT molecular complexity index is 474. The predicted octanol–water partition coefficient (Wildman–Crippen LogP) is 0.877. The molecule has 1 aromatic carbocycles. The lowest BCUT2D eigenvalue weighted by Crippen LogP contribution is -2.31. The van der Waals surface area contributed by atoms with Gasteiger partial charge in [0.2, 0.25) is 0 Å². The molecule has 1 saturated heterocycles. The average molecular weight is 266 g/mol. The number of nitrogens with one attached hydrogen (secondary N) is 1. The molecule has 1 aliphatic rings. The van der Waals surface area contributed by atoms with E-state index in [4.69, 9.17) is 4.74 Å². The van der Waals surface area contributed by atoms with Crippen molar-refractivity contribution in [3.05, 3.63) is 34.4 Å². The van der Waals surface area contributed by atoms with Crippen molar-refractivity contribution in [2.75, 3.05) is 13.7 Å². The zero-order valence-corrected chi connectivity index (χ0v) is 10.4. The van der Waals surface area contributed by atoms with E-state index in [9.17, 15) is 14.9 Å². The van der Waals surface area contributed by atoms with Crippen molar-refractivity contribution >= 4 is 11.7 Å². The molecule has 0 aliphatic carbocycles. The summed E-state index contributed by atoms with van der Waals surface area (Å²) in [6, 6.07) is 5.51. The molecule has 1 heterocycles. The van der Waals surface area contributed by atoms with Gasteiger partial charge in [-0.1, -0.05) is 0 Å². The van der Waals surface area contributed by atoms with Gasteiger partial charge in [0, 0.05) is 25.1 Å². The van der Waals surface area contributed by atoms with Crippen LogP contribution in [0, 0.1) is 10.1 Å². The van der Waals surface area contributed by atoms with E-state index in [1.165, 1.54) is 19.2 Å². The number of nitro benzene ring substituents is 1. The van der Waals surface area contributed by atoms with Crippen LogP contribution in [0.15, 0.2) is 24.3 Å². The molecule has 1 aliphatic heterocycles. The molecule has 0 bridgehead atoms. The van der Waals surface area contributed by atoms with Crippen LogP contribution in [0.4, 0.5) is 5.69 Å². The summed E-state index contributed by atoms with van der Waals surface area (Å²) in [5.74, 6) is 0.234. The summed E-state index contributed by atoms with van der Waals surface area (Å²) >= 11 is 0. The minimum Gasteiger partial charge on any atom is -0.489 e. The van der Waals surface area contributed by atoms with Crippen molar-refractivity contribution in [2.24, 2.45) is 0 Å². The number of nitrogens with zero attached hydrogens (tertiary/aromatic N) is 1. The van der Waals surface area contributed by atoms with Crippen LogP contribution < -0.4 is 10.1 Å². The van der Waals surface area contributed by atoms with Crippen LogP contribution in [0.3, 0.4) is 0 Å². The van der Waals surface area contributed by atoms with Crippen LogP contribution in [0.25, 0.3) is 0 Å². The highest BCUT2D eigenvalue weighted by Gasteiger charge is 2.31. The highest BCUT2D eigenvalue weighted by molar-refractivity contribution is 5.76. The van der Waals surface area contributed by atoms with Crippen molar-refractivity contribution < 1.29 is 19.2 Å². The molecular formula is C12H14N2O5. The number of hydrogen-bond acceptors (Lipinski definition) is 6. The number of esters is 1. The third kappa shape index (κ3) is 3.19. The van der Waals surface area contributed by atoms with Crippen molar-refractivity contribution in [3.8, 4) is 5.75 Å². The van der Waals surface area contributed by atoms with Gasteiger partial charge < -0.3 is 14.8 Å². The van der Waals surface area contributed by atoms with Gasteiger partial charge in [0.05, 0.1) is 12.0 Å². The molecule has 1 fully saturated rings. The van der Waals surface area contributed by atoms with E-state index in [1.54, 1.807) is 12.1 Å². The first-order chi connectivity index (χ1) is 9.10. The second-order valence-corrected chi connectivity index (χ2v) is 4.21. The molecule has 19 heavy (non-hydrogen) atoms. The fourth-order valence-corrected chi connectivity index (χ4v) is 1.95. The number of benzene rings is 1. The lowest BCUT2D eigenvalue weighted by atomic mass is 10.2. The number of rotatable bonds is 4. The number of nitro groups is 1. The van der Waals surface area contributed by atoms with E-state index in [2.05, 4.69) is 10.1 Å². The summed E-state index contributed by atoms with van der Waals surface area (Å²) in [5.41, 5.74) is 0.0179. The standard InChI is InChI=1S/C12H14N2O5/c1-18-12(15)11-6-10(7-13-11)19-9-4-2-8(3-5-9)14(16)17/h2-5,10-11,13H,6-7H2,1H3. The molecule has 0 amide bonds. The summed E-state index contributed by atoms with van der Waals surface area (Å²) in [4.78, 5) is 21.4. The fourth-order valence-electron chi connectivity index (χ4n) is 1.95. The molecule has 2 rings (SSSR count). The van der Waals surface area contributed by atoms with E-state index in [0.29, 0.717) is 18.7 Å². The van der Waals surface area contributed by atoms with E-state index in [1.807, 2.05) is 0 Å². The predicted molar refractivity (Wildman–Crippen MR) is 65.9 cm³/mol. The highest BCUT2D eigenvalue weighted by Crippen LogP contribution is 2.21. The van der Waals surface area contributed by atoms with Crippen molar-refractivity contribution in [1.29, 1.82) is 0 Å². The summed E-state index contributed by atoms with van der Waals surface area (Å²) < 4.78 is 10.3. The molecule has 0 radical (unpaired) electrons. The summed E-state index contributed by atoms with van der Waals surface area (Å²) in [6.07, 6.45) is 0.370. The maximum Gasteiger partial charge on any atom is 0.323 e. The van der Waals surface area contributed by atoms with Crippen LogP contribution in [-0.2, 0) is 9.53 Å². The van der Waals surface area contributed by atoms with E-state index < -0.39 is 4.92 Å². The summed E-state index contributed by atoms with van der Waals surface area (Å²) in [5, 5.41) is 13.5. The molecule has 1 N–H and O–H groups in total. The van der Waals surface area contributed by atoms with Gasteiger partial charge in [-0.3, -0.25) is 14.9 Å². The Hall–Kier alpha value is -2.15. The monoisotopic (exact) mass is 266 g/mol. The smallest absolute Gasteiger partial charge is 0.323 e. The molecule has 7 nitrogen and oxygen atoms in total. The molecule has 0 spiro atoms. The second-order valence-electron chi connectivity index (χ2n) is 4.21. The molecule has 2 atom stereocenters. The van der Waals surface area contributed by atoms with Crippen LogP contribution in [0.5, 0.6) is 5.75 Å². The maximum absolute atomic E-state index is 11.3. The quantitative estimate of drug-likeness (QED) is 0.494. The third-order valence-electron chi connectivity index (χ3n) is 2.93. The Morgan fingerprint density at radius 1 is 1.42 bits per heavy atom. The average Bonchev–Trinajstić information content (AvgIpc) is 2.87. The molecule has 0 aromatic heterocycles. The van der Waals surface area contributed by atoms with Crippen LogP contribution in [-0.4, -0.2) is 36.7 Å². The topological polar surface area (TPSA) is 90.7 Å². The summed E-state index contributed by atoms with van der Waals surface area (Å²) in [6.45, 7) is 0.538. The largest absolute Gasteiger partial charge is 0.489 e. The number of methoxy groups -OCH3 is 1. The number of carbonyl (C=O) groups is 1.